The van der Waals surface area contributed by atoms with Crippen LogP contribution in [0.25, 0.3) is 21.9 Å². The van der Waals surface area contributed by atoms with E-state index in [1.54, 1.807) is 36.4 Å². The average molecular weight is 618 g/mol. The molecule has 0 saturated heterocycles. The van der Waals surface area contributed by atoms with Gasteiger partial charge in [0.2, 0.25) is 15.9 Å². The summed E-state index contributed by atoms with van der Waals surface area (Å²) in [5, 5.41) is 27.8. The topological polar surface area (TPSA) is 136 Å². The molecule has 0 aliphatic carbocycles. The van der Waals surface area contributed by atoms with Gasteiger partial charge in [0.05, 0.1) is 17.4 Å². The zero-order chi connectivity index (χ0) is 31.9. The van der Waals surface area contributed by atoms with E-state index in [0.717, 1.165) is 21.9 Å². The second-order valence-electron chi connectivity index (χ2n) is 11.6. The Morgan fingerprint density at radius 1 is 0.864 bits per heavy atom. The Balaban J connectivity index is 1.30. The maximum Gasteiger partial charge on any atom is 0.303 e. The smallest absolute Gasteiger partial charge is 0.303 e. The Kier molecular flexibility index (Phi) is 10.5. The fourth-order valence-electron chi connectivity index (χ4n) is 4.96. The van der Waals surface area contributed by atoms with Gasteiger partial charge in [-0.1, -0.05) is 66.7 Å². The zero-order valence-corrected chi connectivity index (χ0v) is 26.0. The summed E-state index contributed by atoms with van der Waals surface area (Å²) in [6.07, 6.45) is -0.517. The number of hydrogen-bond acceptors (Lipinski definition) is 6. The molecular weight excluding hydrogens is 578 g/mol. The average Bonchev–Trinajstić information content (AvgIpc) is 2.99. The molecule has 4 aromatic rings. The third-order valence-corrected chi connectivity index (χ3v) is 9.21. The lowest BCUT2D eigenvalue weighted by atomic mass is 9.93. The quantitative estimate of drug-likeness (QED) is 0.158. The molecular formula is C34H39N3O6S. The molecule has 0 fully saturated rings. The molecule has 0 heterocycles. The number of aliphatic hydroxyl groups excluding tert-OH is 1. The minimum atomic E-state index is -3.83. The summed E-state index contributed by atoms with van der Waals surface area (Å²) >= 11 is 0. The number of aliphatic carboxylic acids is 1. The molecule has 0 unspecified atom stereocenters. The lowest BCUT2D eigenvalue weighted by molar-refractivity contribution is -0.138. The summed E-state index contributed by atoms with van der Waals surface area (Å²) in [4.78, 5) is 22.6. The van der Waals surface area contributed by atoms with Gasteiger partial charge in [0.25, 0.3) is 0 Å². The van der Waals surface area contributed by atoms with Crippen molar-refractivity contribution in [1.82, 2.24) is 9.62 Å². The number of fused-ring (bicyclic) bond motifs is 1. The Hall–Kier alpha value is -4.09. The number of likely N-dealkylation sites (N-methyl/N-ethyl adjacent to an activating group) is 1. The lowest BCUT2D eigenvalue weighted by Crippen LogP contribution is -2.47. The molecule has 4 rings (SSSR count). The van der Waals surface area contributed by atoms with Crippen LogP contribution in [-0.2, 0) is 26.0 Å². The number of amides is 1. The Bertz CT molecular complexity index is 1700. The molecule has 1 atom stereocenters. The van der Waals surface area contributed by atoms with E-state index in [1.807, 2.05) is 12.1 Å². The summed E-state index contributed by atoms with van der Waals surface area (Å²) in [5.41, 5.74) is 3.00. The summed E-state index contributed by atoms with van der Waals surface area (Å²) in [5.74, 6) is -1.42. The van der Waals surface area contributed by atoms with Crippen LogP contribution in [-0.4, -0.2) is 66.6 Å². The molecule has 0 bridgehead atoms. The molecule has 4 N–H and O–H groups in total. The maximum atomic E-state index is 13.2. The van der Waals surface area contributed by atoms with Crippen molar-refractivity contribution in [1.29, 1.82) is 0 Å². The first-order valence-electron chi connectivity index (χ1n) is 14.4. The van der Waals surface area contributed by atoms with E-state index in [2.05, 4.69) is 54.8 Å². The van der Waals surface area contributed by atoms with Crippen molar-refractivity contribution in [2.24, 2.45) is 0 Å². The van der Waals surface area contributed by atoms with Crippen LogP contribution in [0.1, 0.15) is 32.3 Å². The van der Waals surface area contributed by atoms with Gasteiger partial charge in [0.15, 0.2) is 0 Å². The van der Waals surface area contributed by atoms with E-state index in [-0.39, 0.29) is 42.3 Å². The SMILES string of the molecule is CN(C[C@H](O)CNC(C)(C)Cc1ccc2ccccc2c1)S(=O)(=O)c1ccc(-c2ccc(NC(=O)CCC(=O)O)cc2)cc1. The van der Waals surface area contributed by atoms with E-state index in [4.69, 9.17) is 5.11 Å². The van der Waals surface area contributed by atoms with Crippen LogP contribution < -0.4 is 10.6 Å². The summed E-state index contributed by atoms with van der Waals surface area (Å²) in [7, 11) is -2.38. The highest BCUT2D eigenvalue weighted by Gasteiger charge is 2.25. The van der Waals surface area contributed by atoms with Gasteiger partial charge in [-0.3, -0.25) is 9.59 Å². The fourth-order valence-corrected chi connectivity index (χ4v) is 6.17. The number of nitrogens with zero attached hydrogens (tertiary/aromatic N) is 1. The molecule has 9 nitrogen and oxygen atoms in total. The van der Waals surface area contributed by atoms with Crippen LogP contribution in [0, 0.1) is 0 Å². The molecule has 4 aromatic carbocycles. The van der Waals surface area contributed by atoms with Crippen molar-refractivity contribution in [2.75, 3.05) is 25.5 Å². The molecule has 0 spiro atoms. The van der Waals surface area contributed by atoms with E-state index in [0.29, 0.717) is 5.69 Å². The van der Waals surface area contributed by atoms with Crippen molar-refractivity contribution >= 4 is 38.4 Å². The predicted octanol–water partition coefficient (Wildman–Crippen LogP) is 4.90. The number of carbonyl (C=O) groups excluding carboxylic acids is 1. The monoisotopic (exact) mass is 617 g/mol. The number of anilines is 1. The van der Waals surface area contributed by atoms with Crippen molar-refractivity contribution in [3.8, 4) is 11.1 Å². The lowest BCUT2D eigenvalue weighted by Gasteiger charge is -2.29. The largest absolute Gasteiger partial charge is 0.481 e. The van der Waals surface area contributed by atoms with Gasteiger partial charge in [-0.05, 0) is 72.0 Å². The fraction of sp³-hybridized carbons (Fsp3) is 0.294. The maximum absolute atomic E-state index is 13.2. The van der Waals surface area contributed by atoms with E-state index in [9.17, 15) is 23.1 Å². The first-order valence-corrected chi connectivity index (χ1v) is 15.9. The number of rotatable bonds is 14. The molecule has 0 saturated carbocycles. The Labute approximate surface area is 258 Å². The third kappa shape index (κ3) is 8.96. The van der Waals surface area contributed by atoms with E-state index < -0.39 is 22.1 Å². The Morgan fingerprint density at radius 3 is 2.11 bits per heavy atom. The molecule has 0 aliphatic heterocycles. The van der Waals surface area contributed by atoms with Gasteiger partial charge in [-0.15, -0.1) is 0 Å². The number of carbonyl (C=O) groups is 2. The first kappa shape index (κ1) is 32.8. The van der Waals surface area contributed by atoms with Crippen LogP contribution in [0.15, 0.2) is 95.9 Å². The molecule has 1 amide bonds. The number of sulfonamides is 1. The number of carboxylic acids is 1. The standard InChI is InChI=1S/C34H39N3O6S/c1-34(2,21-24-8-9-25-6-4-5-7-28(25)20-24)35-22-30(38)23-37(3)44(42,43)31-16-12-27(13-17-31)26-10-14-29(15-11-26)36-32(39)18-19-33(40)41/h4-17,20,30,35,38H,18-19,21-23H2,1-3H3,(H,36,39)(H,40,41)/t30-/m1/s1. The van der Waals surface area contributed by atoms with Crippen LogP contribution in [0.3, 0.4) is 0 Å². The van der Waals surface area contributed by atoms with Gasteiger partial charge >= 0.3 is 5.97 Å². The highest BCUT2D eigenvalue weighted by atomic mass is 32.2. The Morgan fingerprint density at radius 2 is 1.48 bits per heavy atom. The number of β-amino-alcohol motifs (C(OH)–C–C–N with tert-alkyl or cyclic N) is 1. The van der Waals surface area contributed by atoms with Crippen LogP contribution >= 0.6 is 0 Å². The van der Waals surface area contributed by atoms with Crippen molar-refractivity contribution < 1.29 is 28.2 Å². The van der Waals surface area contributed by atoms with E-state index in [1.165, 1.54) is 35.5 Å². The van der Waals surface area contributed by atoms with Crippen LogP contribution in [0.4, 0.5) is 5.69 Å². The zero-order valence-electron chi connectivity index (χ0n) is 25.2. The van der Waals surface area contributed by atoms with Gasteiger partial charge in [0, 0.05) is 37.8 Å². The molecule has 232 valence electrons. The van der Waals surface area contributed by atoms with Crippen LogP contribution in [0.5, 0.6) is 0 Å². The van der Waals surface area contributed by atoms with Crippen molar-refractivity contribution in [3.63, 3.8) is 0 Å². The highest BCUT2D eigenvalue weighted by Crippen LogP contribution is 2.25. The predicted molar refractivity (Wildman–Crippen MR) is 173 cm³/mol. The second kappa shape index (κ2) is 14.1. The molecule has 44 heavy (non-hydrogen) atoms. The number of carboxylic acid groups (broad SMARTS) is 1. The minimum Gasteiger partial charge on any atom is -0.481 e. The molecule has 0 radical (unpaired) electrons. The molecule has 0 aliphatic rings. The van der Waals surface area contributed by atoms with Crippen molar-refractivity contribution in [3.05, 3.63) is 96.6 Å². The highest BCUT2D eigenvalue weighted by molar-refractivity contribution is 7.89. The molecule has 0 aromatic heterocycles. The van der Waals surface area contributed by atoms with Gasteiger partial charge in [0.1, 0.15) is 0 Å². The first-order chi connectivity index (χ1) is 20.8. The van der Waals surface area contributed by atoms with Crippen molar-refractivity contribution in [2.45, 2.75) is 49.6 Å². The normalized spacial score (nSPS) is 12.8. The summed E-state index contributed by atoms with van der Waals surface area (Å²) in [6.45, 7) is 4.28. The van der Waals surface area contributed by atoms with E-state index >= 15 is 0 Å². The second-order valence-corrected chi connectivity index (χ2v) is 13.7. The van der Waals surface area contributed by atoms with Gasteiger partial charge in [-0.25, -0.2) is 8.42 Å². The number of benzene rings is 4. The minimum absolute atomic E-state index is 0.0667. The van der Waals surface area contributed by atoms with Crippen LogP contribution in [0.2, 0.25) is 0 Å². The number of hydrogen-bond donors (Lipinski definition) is 4. The third-order valence-electron chi connectivity index (χ3n) is 7.37. The number of aliphatic hydroxyl groups is 1. The van der Waals surface area contributed by atoms with Gasteiger partial charge in [-0.2, -0.15) is 4.31 Å². The van der Waals surface area contributed by atoms with Gasteiger partial charge < -0.3 is 20.8 Å². The summed E-state index contributed by atoms with van der Waals surface area (Å²) < 4.78 is 27.6. The summed E-state index contributed by atoms with van der Waals surface area (Å²) in [6, 6.07) is 28.0. The molecule has 10 heteroatoms. The number of nitrogens with one attached hydrogen (secondary N) is 2.